The van der Waals surface area contributed by atoms with Crippen LogP contribution in [-0.4, -0.2) is 16.1 Å². The first-order chi connectivity index (χ1) is 13.3. The fourth-order valence-corrected chi connectivity index (χ4v) is 3.63. The first-order valence-electron chi connectivity index (χ1n) is 11.1. The van der Waals surface area contributed by atoms with E-state index < -0.39 is 0 Å². The van der Waals surface area contributed by atoms with Crippen molar-refractivity contribution in [1.82, 2.24) is 9.55 Å². The smallest absolute Gasteiger partial charge is 0.109 e. The third kappa shape index (κ3) is 7.50. The zero-order valence-corrected chi connectivity index (χ0v) is 17.6. The summed E-state index contributed by atoms with van der Waals surface area (Å²) in [6.07, 6.45) is 16.4. The molecule has 2 aromatic rings. The molecule has 0 spiro atoms. The Morgan fingerprint density at radius 2 is 1.48 bits per heavy atom. The Morgan fingerprint density at radius 1 is 0.815 bits per heavy atom. The minimum absolute atomic E-state index is 0.722. The maximum Gasteiger partial charge on any atom is 0.109 e. The van der Waals surface area contributed by atoms with E-state index in [9.17, 15) is 0 Å². The minimum atomic E-state index is 0.722. The number of benzene rings is 1. The summed E-state index contributed by atoms with van der Waals surface area (Å²) in [5, 5.41) is 0. The molecule has 3 nitrogen and oxygen atoms in total. The van der Waals surface area contributed by atoms with E-state index in [1.54, 1.807) is 0 Å². The van der Waals surface area contributed by atoms with Crippen LogP contribution < -0.4 is 5.73 Å². The van der Waals surface area contributed by atoms with E-state index in [0.717, 1.165) is 37.4 Å². The van der Waals surface area contributed by atoms with Crippen molar-refractivity contribution in [2.24, 2.45) is 5.73 Å². The van der Waals surface area contributed by atoms with Gasteiger partial charge in [0.1, 0.15) is 5.82 Å². The molecule has 0 atom stereocenters. The van der Waals surface area contributed by atoms with Crippen LogP contribution in [0.4, 0.5) is 0 Å². The Balaban J connectivity index is 1.78. The predicted molar refractivity (Wildman–Crippen MR) is 117 cm³/mol. The summed E-state index contributed by atoms with van der Waals surface area (Å²) in [5.41, 5.74) is 9.40. The molecule has 1 heterocycles. The standard InChI is InChI=1S/C24H39N3/c1-3-5-6-7-8-9-10-11-13-21-15-17-22(18-16-21)23-20-27(4-2)24(26-23)14-12-19-25/h15-18,20H,3-14,19,25H2,1-2H3. The van der Waals surface area contributed by atoms with Crippen molar-refractivity contribution in [3.63, 3.8) is 0 Å². The number of hydrogen-bond acceptors (Lipinski definition) is 2. The molecule has 1 aromatic heterocycles. The molecule has 0 unspecified atom stereocenters. The van der Waals surface area contributed by atoms with Crippen molar-refractivity contribution < 1.29 is 0 Å². The quantitative estimate of drug-likeness (QED) is 0.406. The van der Waals surface area contributed by atoms with Gasteiger partial charge in [0.15, 0.2) is 0 Å². The molecular weight excluding hydrogens is 330 g/mol. The highest BCUT2D eigenvalue weighted by molar-refractivity contribution is 5.59. The van der Waals surface area contributed by atoms with Crippen LogP contribution in [0.1, 0.15) is 83.0 Å². The van der Waals surface area contributed by atoms with Crippen molar-refractivity contribution in [2.45, 2.75) is 91.0 Å². The van der Waals surface area contributed by atoms with Crippen molar-refractivity contribution in [3.05, 3.63) is 41.9 Å². The second-order valence-corrected chi connectivity index (χ2v) is 7.64. The molecule has 0 saturated heterocycles. The fraction of sp³-hybridized carbons (Fsp3) is 0.625. The molecule has 3 heteroatoms. The molecule has 2 N–H and O–H groups in total. The third-order valence-corrected chi connectivity index (χ3v) is 5.37. The minimum Gasteiger partial charge on any atom is -0.335 e. The Labute approximate surface area is 166 Å². The molecule has 1 aromatic carbocycles. The van der Waals surface area contributed by atoms with Crippen LogP contribution >= 0.6 is 0 Å². The highest BCUT2D eigenvalue weighted by Crippen LogP contribution is 2.21. The van der Waals surface area contributed by atoms with Crippen LogP contribution in [-0.2, 0) is 19.4 Å². The number of nitrogens with two attached hydrogens (primary N) is 1. The molecule has 0 radical (unpaired) electrons. The van der Waals surface area contributed by atoms with Gasteiger partial charge in [-0.1, -0.05) is 76.1 Å². The van der Waals surface area contributed by atoms with Crippen molar-refractivity contribution >= 4 is 0 Å². The molecule has 0 fully saturated rings. The summed E-state index contributed by atoms with van der Waals surface area (Å²) >= 11 is 0. The summed E-state index contributed by atoms with van der Waals surface area (Å²) in [5.74, 6) is 1.15. The molecule has 0 bridgehead atoms. The molecule has 0 amide bonds. The fourth-order valence-electron chi connectivity index (χ4n) is 3.63. The van der Waals surface area contributed by atoms with Gasteiger partial charge in [0, 0.05) is 24.7 Å². The maximum absolute atomic E-state index is 5.65. The summed E-state index contributed by atoms with van der Waals surface area (Å²) in [6.45, 7) is 6.13. The van der Waals surface area contributed by atoms with Gasteiger partial charge in [0.05, 0.1) is 5.69 Å². The van der Waals surface area contributed by atoms with Crippen molar-refractivity contribution in [3.8, 4) is 11.3 Å². The lowest BCUT2D eigenvalue weighted by Crippen LogP contribution is -2.05. The number of hydrogen-bond donors (Lipinski definition) is 1. The SMILES string of the molecule is CCCCCCCCCCc1ccc(-c2cn(CC)c(CCCN)n2)cc1. The Hall–Kier alpha value is -1.61. The monoisotopic (exact) mass is 369 g/mol. The first kappa shape index (κ1) is 21.7. The lowest BCUT2D eigenvalue weighted by atomic mass is 10.0. The average Bonchev–Trinajstić information content (AvgIpc) is 3.12. The molecule has 27 heavy (non-hydrogen) atoms. The number of rotatable bonds is 14. The zero-order valence-electron chi connectivity index (χ0n) is 17.6. The van der Waals surface area contributed by atoms with Gasteiger partial charge in [0.2, 0.25) is 0 Å². The van der Waals surface area contributed by atoms with Gasteiger partial charge >= 0.3 is 0 Å². The molecule has 150 valence electrons. The summed E-state index contributed by atoms with van der Waals surface area (Å²) in [7, 11) is 0. The number of aryl methyl sites for hydroxylation is 3. The second kappa shape index (κ2) is 12.7. The number of nitrogens with zero attached hydrogens (tertiary/aromatic N) is 2. The Kier molecular flexibility index (Phi) is 10.2. The Bertz CT molecular complexity index is 628. The van der Waals surface area contributed by atoms with Gasteiger partial charge in [-0.15, -0.1) is 0 Å². The van der Waals surface area contributed by atoms with E-state index in [1.165, 1.54) is 68.9 Å². The van der Waals surface area contributed by atoms with Gasteiger partial charge in [-0.3, -0.25) is 0 Å². The highest BCUT2D eigenvalue weighted by Gasteiger charge is 2.08. The van der Waals surface area contributed by atoms with Gasteiger partial charge in [0.25, 0.3) is 0 Å². The summed E-state index contributed by atoms with van der Waals surface area (Å²) in [6, 6.07) is 9.02. The number of aromatic nitrogens is 2. The van der Waals surface area contributed by atoms with Crippen LogP contribution in [0.25, 0.3) is 11.3 Å². The second-order valence-electron chi connectivity index (χ2n) is 7.64. The summed E-state index contributed by atoms with van der Waals surface area (Å²) < 4.78 is 2.25. The van der Waals surface area contributed by atoms with E-state index in [0.29, 0.717) is 0 Å². The lowest BCUT2D eigenvalue weighted by Gasteiger charge is -2.04. The van der Waals surface area contributed by atoms with Gasteiger partial charge < -0.3 is 10.3 Å². The first-order valence-corrected chi connectivity index (χ1v) is 11.1. The van der Waals surface area contributed by atoms with Crippen LogP contribution in [0.3, 0.4) is 0 Å². The maximum atomic E-state index is 5.65. The van der Waals surface area contributed by atoms with E-state index in [4.69, 9.17) is 10.7 Å². The molecule has 0 aliphatic rings. The molecule has 0 saturated carbocycles. The van der Waals surface area contributed by atoms with Crippen molar-refractivity contribution in [1.29, 1.82) is 0 Å². The third-order valence-electron chi connectivity index (χ3n) is 5.37. The predicted octanol–water partition coefficient (Wildman–Crippen LogP) is 6.14. The largest absolute Gasteiger partial charge is 0.335 e. The van der Waals surface area contributed by atoms with Gasteiger partial charge in [-0.05, 0) is 38.3 Å². The summed E-state index contributed by atoms with van der Waals surface area (Å²) in [4.78, 5) is 4.84. The van der Waals surface area contributed by atoms with Crippen LogP contribution in [0.15, 0.2) is 30.5 Å². The van der Waals surface area contributed by atoms with E-state index in [2.05, 4.69) is 48.9 Å². The normalized spacial score (nSPS) is 11.2. The Morgan fingerprint density at radius 3 is 2.11 bits per heavy atom. The number of imidazole rings is 1. The highest BCUT2D eigenvalue weighted by atomic mass is 15.1. The molecule has 0 aliphatic heterocycles. The van der Waals surface area contributed by atoms with Crippen LogP contribution in [0, 0.1) is 0 Å². The molecular formula is C24H39N3. The van der Waals surface area contributed by atoms with Crippen LogP contribution in [0.5, 0.6) is 0 Å². The average molecular weight is 370 g/mol. The lowest BCUT2D eigenvalue weighted by molar-refractivity contribution is 0.575. The van der Waals surface area contributed by atoms with E-state index in [1.807, 2.05) is 0 Å². The topological polar surface area (TPSA) is 43.8 Å². The van der Waals surface area contributed by atoms with Gasteiger partial charge in [-0.2, -0.15) is 0 Å². The zero-order chi connectivity index (χ0) is 19.3. The van der Waals surface area contributed by atoms with E-state index >= 15 is 0 Å². The van der Waals surface area contributed by atoms with Crippen LogP contribution in [0.2, 0.25) is 0 Å². The number of unbranched alkanes of at least 4 members (excludes halogenated alkanes) is 7. The van der Waals surface area contributed by atoms with Gasteiger partial charge in [-0.25, -0.2) is 4.98 Å². The molecule has 0 aliphatic carbocycles. The van der Waals surface area contributed by atoms with Crippen molar-refractivity contribution in [2.75, 3.05) is 6.54 Å². The van der Waals surface area contributed by atoms with E-state index in [-0.39, 0.29) is 0 Å². The molecule has 2 rings (SSSR count).